The molecule has 1 saturated carbocycles. The van der Waals surface area contributed by atoms with Crippen LogP contribution in [0, 0.1) is 16.0 Å². The monoisotopic (exact) mass is 418 g/mol. The van der Waals surface area contributed by atoms with Crippen LogP contribution >= 0.6 is 0 Å². The largest absolute Gasteiger partial charge is 0.497 e. The number of nitro groups is 1. The number of non-ortho nitro benzene ring substituents is 1. The van der Waals surface area contributed by atoms with Gasteiger partial charge in [0.1, 0.15) is 11.5 Å². The zero-order chi connectivity index (χ0) is 22.0. The molecular formula is C24H22N2O5. The maximum absolute atomic E-state index is 13.2. The van der Waals surface area contributed by atoms with Crippen LogP contribution in [-0.2, 0) is 10.2 Å². The first-order chi connectivity index (χ1) is 15.0. The number of hydrogen-bond donors (Lipinski definition) is 1. The fourth-order valence-corrected chi connectivity index (χ4v) is 4.11. The van der Waals surface area contributed by atoms with E-state index in [9.17, 15) is 14.9 Å². The van der Waals surface area contributed by atoms with Crippen molar-refractivity contribution in [1.29, 1.82) is 0 Å². The number of carbonyl (C=O) groups is 1. The van der Waals surface area contributed by atoms with Crippen molar-refractivity contribution in [2.75, 3.05) is 19.5 Å². The third-order valence-electron chi connectivity index (χ3n) is 5.77. The first-order valence-corrected chi connectivity index (χ1v) is 9.82. The van der Waals surface area contributed by atoms with Crippen molar-refractivity contribution in [1.82, 2.24) is 0 Å². The Kier molecular flexibility index (Phi) is 5.33. The second-order valence-electron chi connectivity index (χ2n) is 7.49. The molecular weight excluding hydrogens is 396 g/mol. The number of benzene rings is 3. The Balaban J connectivity index is 1.69. The van der Waals surface area contributed by atoms with E-state index in [0.29, 0.717) is 23.6 Å². The summed E-state index contributed by atoms with van der Waals surface area (Å²) < 4.78 is 10.8. The highest BCUT2D eigenvalue weighted by Crippen LogP contribution is 2.60. The molecule has 4 rings (SSSR count). The van der Waals surface area contributed by atoms with Crippen molar-refractivity contribution in [3.8, 4) is 11.5 Å². The normalized spacial score (nSPS) is 16.3. The van der Waals surface area contributed by atoms with Gasteiger partial charge in [0.15, 0.2) is 0 Å². The molecule has 0 unspecified atom stereocenters. The minimum Gasteiger partial charge on any atom is -0.497 e. The Labute approximate surface area is 179 Å². The summed E-state index contributed by atoms with van der Waals surface area (Å²) in [6, 6.07) is 21.4. The SMILES string of the molecule is COc1cccc(C2(c3cccc(OC)c3)C[C@@H]2C(=O)Nc2cccc([N+](=O)[O-])c2)c1. The molecule has 0 aromatic heterocycles. The Morgan fingerprint density at radius 3 is 2.10 bits per heavy atom. The van der Waals surface area contributed by atoms with Gasteiger partial charge in [-0.2, -0.15) is 0 Å². The topological polar surface area (TPSA) is 90.7 Å². The average Bonchev–Trinajstić information content (AvgIpc) is 3.57. The van der Waals surface area contributed by atoms with E-state index in [1.54, 1.807) is 26.4 Å². The van der Waals surface area contributed by atoms with E-state index in [1.165, 1.54) is 12.1 Å². The highest BCUT2D eigenvalue weighted by Gasteiger charge is 2.60. The van der Waals surface area contributed by atoms with Crippen molar-refractivity contribution in [2.45, 2.75) is 11.8 Å². The molecule has 0 saturated heterocycles. The summed E-state index contributed by atoms with van der Waals surface area (Å²) in [6.07, 6.45) is 0.605. The van der Waals surface area contributed by atoms with Crippen molar-refractivity contribution in [2.24, 2.45) is 5.92 Å². The van der Waals surface area contributed by atoms with Gasteiger partial charge >= 0.3 is 0 Å². The van der Waals surface area contributed by atoms with E-state index >= 15 is 0 Å². The lowest BCUT2D eigenvalue weighted by molar-refractivity contribution is -0.384. The first kappa shape index (κ1) is 20.4. The zero-order valence-electron chi connectivity index (χ0n) is 17.2. The minimum atomic E-state index is -0.534. The molecule has 3 aromatic carbocycles. The van der Waals surface area contributed by atoms with Crippen molar-refractivity contribution in [3.05, 3.63) is 94.0 Å². The Morgan fingerprint density at radius 1 is 0.968 bits per heavy atom. The molecule has 158 valence electrons. The molecule has 1 N–H and O–H groups in total. The molecule has 7 nitrogen and oxygen atoms in total. The molecule has 0 bridgehead atoms. The van der Waals surface area contributed by atoms with Crippen LogP contribution in [0.2, 0.25) is 0 Å². The van der Waals surface area contributed by atoms with Crippen LogP contribution in [0.5, 0.6) is 11.5 Å². The van der Waals surface area contributed by atoms with Gasteiger partial charge in [0.2, 0.25) is 5.91 Å². The van der Waals surface area contributed by atoms with Gasteiger partial charge in [-0.1, -0.05) is 30.3 Å². The second kappa shape index (κ2) is 8.10. The van der Waals surface area contributed by atoms with Crippen LogP contribution in [0.4, 0.5) is 11.4 Å². The molecule has 1 aliphatic carbocycles. The van der Waals surface area contributed by atoms with Crippen LogP contribution in [0.3, 0.4) is 0 Å². The molecule has 0 spiro atoms. The third-order valence-corrected chi connectivity index (χ3v) is 5.77. The minimum absolute atomic E-state index is 0.0690. The third kappa shape index (κ3) is 3.82. The van der Waals surface area contributed by atoms with E-state index in [0.717, 1.165) is 11.1 Å². The molecule has 1 fully saturated rings. The van der Waals surface area contributed by atoms with Crippen molar-refractivity contribution in [3.63, 3.8) is 0 Å². The maximum Gasteiger partial charge on any atom is 0.271 e. The summed E-state index contributed by atoms with van der Waals surface area (Å²) in [5.41, 5.74) is 1.74. The van der Waals surface area contributed by atoms with Gasteiger partial charge in [-0.3, -0.25) is 14.9 Å². The van der Waals surface area contributed by atoms with Gasteiger partial charge in [-0.05, 0) is 47.9 Å². The van der Waals surface area contributed by atoms with Gasteiger partial charge in [0.25, 0.3) is 5.69 Å². The lowest BCUT2D eigenvalue weighted by atomic mass is 9.85. The molecule has 7 heteroatoms. The number of methoxy groups -OCH3 is 2. The predicted octanol–water partition coefficient (Wildman–Crippen LogP) is 4.56. The Hall–Kier alpha value is -3.87. The Bertz CT molecular complexity index is 1100. The molecule has 0 heterocycles. The Morgan fingerprint density at radius 2 is 1.55 bits per heavy atom. The molecule has 1 atom stereocenters. The van der Waals surface area contributed by atoms with E-state index < -0.39 is 10.3 Å². The number of nitrogens with zero attached hydrogens (tertiary/aromatic N) is 1. The van der Waals surface area contributed by atoms with Gasteiger partial charge in [-0.15, -0.1) is 0 Å². The number of hydrogen-bond acceptors (Lipinski definition) is 5. The summed E-state index contributed by atoms with van der Waals surface area (Å²) in [7, 11) is 3.22. The van der Waals surface area contributed by atoms with Gasteiger partial charge in [0, 0.05) is 23.2 Å². The van der Waals surface area contributed by atoms with Gasteiger partial charge in [-0.25, -0.2) is 0 Å². The van der Waals surface area contributed by atoms with Crippen LogP contribution in [0.1, 0.15) is 17.5 Å². The van der Waals surface area contributed by atoms with Crippen LogP contribution < -0.4 is 14.8 Å². The van der Waals surface area contributed by atoms with E-state index in [1.807, 2.05) is 48.5 Å². The van der Waals surface area contributed by atoms with E-state index in [4.69, 9.17) is 9.47 Å². The lowest BCUT2D eigenvalue weighted by Gasteiger charge is -2.20. The summed E-state index contributed by atoms with van der Waals surface area (Å²) in [5, 5.41) is 13.9. The fraction of sp³-hybridized carbons (Fsp3) is 0.208. The number of nitro benzene ring substituents is 1. The van der Waals surface area contributed by atoms with Crippen LogP contribution in [0.15, 0.2) is 72.8 Å². The maximum atomic E-state index is 13.2. The second-order valence-corrected chi connectivity index (χ2v) is 7.49. The van der Waals surface area contributed by atoms with Crippen LogP contribution in [0.25, 0.3) is 0 Å². The van der Waals surface area contributed by atoms with Gasteiger partial charge < -0.3 is 14.8 Å². The van der Waals surface area contributed by atoms with Crippen molar-refractivity contribution >= 4 is 17.3 Å². The number of rotatable bonds is 7. The molecule has 0 aliphatic heterocycles. The fourth-order valence-electron chi connectivity index (χ4n) is 4.11. The van der Waals surface area contributed by atoms with Crippen LogP contribution in [-0.4, -0.2) is 25.1 Å². The first-order valence-electron chi connectivity index (χ1n) is 9.82. The summed E-state index contributed by atoms with van der Waals surface area (Å²) >= 11 is 0. The number of amides is 1. The van der Waals surface area contributed by atoms with E-state index in [2.05, 4.69) is 5.32 Å². The number of nitrogens with one attached hydrogen (secondary N) is 1. The van der Waals surface area contributed by atoms with E-state index in [-0.39, 0.29) is 17.5 Å². The summed E-state index contributed by atoms with van der Waals surface area (Å²) in [6.45, 7) is 0. The molecule has 31 heavy (non-hydrogen) atoms. The smallest absolute Gasteiger partial charge is 0.271 e. The van der Waals surface area contributed by atoms with Gasteiger partial charge in [0.05, 0.1) is 25.1 Å². The zero-order valence-corrected chi connectivity index (χ0v) is 17.2. The highest BCUT2D eigenvalue weighted by atomic mass is 16.6. The number of carbonyl (C=O) groups excluding carboxylic acids is 1. The standard InChI is InChI=1S/C24H22N2O5/c1-30-20-10-3-6-16(12-20)24(17-7-4-11-21(13-17)31-2)15-22(24)23(27)25-18-8-5-9-19(14-18)26(28)29/h3-14,22H,15H2,1-2H3,(H,25,27)/t22-/m1/s1. The molecule has 1 aliphatic rings. The molecule has 3 aromatic rings. The van der Waals surface area contributed by atoms with Crippen molar-refractivity contribution < 1.29 is 19.2 Å². The predicted molar refractivity (Wildman–Crippen MR) is 117 cm³/mol. The number of anilines is 1. The summed E-state index contributed by atoms with van der Waals surface area (Å²) in [5.74, 6) is 0.895. The lowest BCUT2D eigenvalue weighted by Crippen LogP contribution is -2.22. The molecule has 1 amide bonds. The quantitative estimate of drug-likeness (QED) is 0.449. The number of ether oxygens (including phenoxy) is 2. The summed E-state index contributed by atoms with van der Waals surface area (Å²) in [4.78, 5) is 23.7. The average molecular weight is 418 g/mol. The highest BCUT2D eigenvalue weighted by molar-refractivity contribution is 5.97. The molecule has 0 radical (unpaired) electrons.